The normalized spacial score (nSPS) is 10.7. The van der Waals surface area contributed by atoms with Gasteiger partial charge in [0.1, 0.15) is 6.61 Å². The van der Waals surface area contributed by atoms with Crippen LogP contribution in [0.1, 0.15) is 16.1 Å². The molecule has 0 aliphatic carbocycles. The second-order valence-electron chi connectivity index (χ2n) is 4.29. The second-order valence-corrected chi connectivity index (χ2v) is 5.14. The van der Waals surface area contributed by atoms with Gasteiger partial charge in [-0.05, 0) is 12.1 Å². The van der Waals surface area contributed by atoms with Gasteiger partial charge in [0.25, 0.3) is 0 Å². The number of hydrogen-bond donors (Lipinski definition) is 1. The Morgan fingerprint density at radius 2 is 1.90 bits per heavy atom. The summed E-state index contributed by atoms with van der Waals surface area (Å²) in [6.45, 7) is 0.210. The number of halogens is 1. The van der Waals surface area contributed by atoms with E-state index in [4.69, 9.17) is 4.74 Å². The molecule has 5 heteroatoms. The molecule has 100 valence electrons. The molecule has 0 bridgehead atoms. The number of carbonyl (C=O) groups excluding carboxylic acids is 1. The van der Waals surface area contributed by atoms with Crippen molar-refractivity contribution in [2.45, 2.75) is 6.61 Å². The van der Waals surface area contributed by atoms with Crippen molar-refractivity contribution in [3.8, 4) is 0 Å². The monoisotopic (exact) mass is 330 g/mol. The van der Waals surface area contributed by atoms with Crippen LogP contribution in [0.25, 0.3) is 10.9 Å². The first-order chi connectivity index (χ1) is 9.75. The lowest BCUT2D eigenvalue weighted by Gasteiger charge is -2.05. The molecule has 1 N–H and O–H groups in total. The number of hydrogen-bond acceptors (Lipinski definition) is 3. The Kier molecular flexibility index (Phi) is 3.52. The first-order valence-corrected chi connectivity index (χ1v) is 6.88. The van der Waals surface area contributed by atoms with Crippen LogP contribution < -0.4 is 0 Å². The van der Waals surface area contributed by atoms with E-state index in [1.165, 1.54) is 0 Å². The van der Waals surface area contributed by atoms with Crippen LogP contribution in [0.2, 0.25) is 0 Å². The van der Waals surface area contributed by atoms with Crippen LogP contribution in [0, 0.1) is 0 Å². The summed E-state index contributed by atoms with van der Waals surface area (Å²) in [5.41, 5.74) is 2.05. The molecule has 1 heterocycles. The van der Waals surface area contributed by atoms with Crippen molar-refractivity contribution in [2.75, 3.05) is 0 Å². The standard InChI is InChI=1S/C15H11BrN2O2/c16-12-7-3-1-5-10(12)9-20-15(19)14-11-6-2-4-8-13(11)17-18-14/h1-8H,9H2,(H,17,18). The van der Waals surface area contributed by atoms with E-state index in [0.717, 1.165) is 20.9 Å². The quantitative estimate of drug-likeness (QED) is 0.745. The Balaban J connectivity index is 1.79. The van der Waals surface area contributed by atoms with Gasteiger partial charge >= 0.3 is 5.97 Å². The third-order valence-electron chi connectivity index (χ3n) is 2.98. The van der Waals surface area contributed by atoms with Crippen molar-refractivity contribution in [3.05, 3.63) is 64.3 Å². The summed E-state index contributed by atoms with van der Waals surface area (Å²) in [6.07, 6.45) is 0. The van der Waals surface area contributed by atoms with Gasteiger partial charge in [-0.15, -0.1) is 0 Å². The predicted molar refractivity (Wildman–Crippen MR) is 79.4 cm³/mol. The zero-order chi connectivity index (χ0) is 13.9. The van der Waals surface area contributed by atoms with Crippen molar-refractivity contribution in [3.63, 3.8) is 0 Å². The Labute approximate surface area is 123 Å². The van der Waals surface area contributed by atoms with Crippen LogP contribution >= 0.6 is 15.9 Å². The highest BCUT2D eigenvalue weighted by Crippen LogP contribution is 2.19. The molecule has 3 rings (SSSR count). The topological polar surface area (TPSA) is 55.0 Å². The van der Waals surface area contributed by atoms with Gasteiger partial charge in [-0.2, -0.15) is 5.10 Å². The number of para-hydroxylation sites is 1. The Morgan fingerprint density at radius 1 is 1.15 bits per heavy atom. The maximum Gasteiger partial charge on any atom is 0.359 e. The zero-order valence-electron chi connectivity index (χ0n) is 10.5. The van der Waals surface area contributed by atoms with Crippen LogP contribution in [0.5, 0.6) is 0 Å². The minimum atomic E-state index is -0.432. The van der Waals surface area contributed by atoms with E-state index in [1.807, 2.05) is 48.5 Å². The fourth-order valence-corrected chi connectivity index (χ4v) is 2.35. The summed E-state index contributed by atoms with van der Waals surface area (Å²) in [7, 11) is 0. The molecule has 0 fully saturated rings. The molecule has 4 nitrogen and oxygen atoms in total. The average molecular weight is 331 g/mol. The van der Waals surface area contributed by atoms with Crippen LogP contribution in [0.4, 0.5) is 0 Å². The lowest BCUT2D eigenvalue weighted by Crippen LogP contribution is -2.06. The number of H-pyrrole nitrogens is 1. The Bertz CT molecular complexity index is 767. The average Bonchev–Trinajstić information content (AvgIpc) is 2.90. The number of rotatable bonds is 3. The van der Waals surface area contributed by atoms with E-state index < -0.39 is 5.97 Å². The van der Waals surface area contributed by atoms with E-state index in [1.54, 1.807) is 0 Å². The van der Waals surface area contributed by atoms with Crippen molar-refractivity contribution in [1.82, 2.24) is 10.2 Å². The zero-order valence-corrected chi connectivity index (χ0v) is 12.1. The summed E-state index contributed by atoms with van der Waals surface area (Å²) >= 11 is 3.42. The number of esters is 1. The maximum atomic E-state index is 12.1. The molecule has 0 aliphatic heterocycles. The van der Waals surface area contributed by atoms with E-state index in [0.29, 0.717) is 5.69 Å². The summed E-state index contributed by atoms with van der Waals surface area (Å²) in [5.74, 6) is -0.432. The number of aromatic nitrogens is 2. The summed E-state index contributed by atoms with van der Waals surface area (Å²) < 4.78 is 6.23. The third-order valence-corrected chi connectivity index (χ3v) is 3.75. The van der Waals surface area contributed by atoms with Crippen LogP contribution in [-0.2, 0) is 11.3 Å². The number of aromatic amines is 1. The molecule has 0 atom stereocenters. The Morgan fingerprint density at radius 3 is 2.75 bits per heavy atom. The number of benzene rings is 2. The maximum absolute atomic E-state index is 12.1. The van der Waals surface area contributed by atoms with Crippen molar-refractivity contribution in [2.24, 2.45) is 0 Å². The fourth-order valence-electron chi connectivity index (χ4n) is 1.95. The predicted octanol–water partition coefficient (Wildman–Crippen LogP) is 3.68. The summed E-state index contributed by atoms with van der Waals surface area (Å²) in [4.78, 5) is 12.1. The van der Waals surface area contributed by atoms with E-state index >= 15 is 0 Å². The van der Waals surface area contributed by atoms with Gasteiger partial charge in [0.2, 0.25) is 0 Å². The van der Waals surface area contributed by atoms with Crippen molar-refractivity contribution in [1.29, 1.82) is 0 Å². The molecular formula is C15H11BrN2O2. The molecule has 0 spiro atoms. The third kappa shape index (κ3) is 2.44. The molecule has 0 unspecified atom stereocenters. The molecule has 0 amide bonds. The highest BCUT2D eigenvalue weighted by molar-refractivity contribution is 9.10. The Hall–Kier alpha value is -2.14. The number of nitrogens with one attached hydrogen (secondary N) is 1. The van der Waals surface area contributed by atoms with Crippen LogP contribution in [0.3, 0.4) is 0 Å². The lowest BCUT2D eigenvalue weighted by molar-refractivity contribution is 0.0467. The van der Waals surface area contributed by atoms with Gasteiger partial charge < -0.3 is 4.74 Å². The molecule has 0 radical (unpaired) electrons. The minimum absolute atomic E-state index is 0.210. The highest BCUT2D eigenvalue weighted by Gasteiger charge is 2.15. The number of nitrogens with zero attached hydrogens (tertiary/aromatic N) is 1. The van der Waals surface area contributed by atoms with Crippen molar-refractivity contribution < 1.29 is 9.53 Å². The lowest BCUT2D eigenvalue weighted by atomic mass is 10.2. The van der Waals surface area contributed by atoms with Gasteiger partial charge in [-0.25, -0.2) is 4.79 Å². The molecule has 1 aromatic heterocycles. The first kappa shape index (κ1) is 12.9. The smallest absolute Gasteiger partial charge is 0.359 e. The number of carbonyl (C=O) groups is 1. The largest absolute Gasteiger partial charge is 0.456 e. The van der Waals surface area contributed by atoms with Gasteiger partial charge in [0, 0.05) is 15.4 Å². The molecule has 0 saturated carbocycles. The summed E-state index contributed by atoms with van der Waals surface area (Å²) in [6, 6.07) is 15.1. The SMILES string of the molecule is O=C(OCc1ccccc1Br)c1n[nH]c2ccccc12. The number of ether oxygens (including phenoxy) is 1. The molecule has 0 aliphatic rings. The molecular weight excluding hydrogens is 320 g/mol. The van der Waals surface area contributed by atoms with Gasteiger partial charge in [-0.1, -0.05) is 52.3 Å². The van der Waals surface area contributed by atoms with Gasteiger partial charge in [-0.3, -0.25) is 5.10 Å². The molecule has 2 aromatic carbocycles. The fraction of sp³-hybridized carbons (Fsp3) is 0.0667. The molecule has 20 heavy (non-hydrogen) atoms. The van der Waals surface area contributed by atoms with Gasteiger partial charge in [0.15, 0.2) is 5.69 Å². The van der Waals surface area contributed by atoms with Crippen LogP contribution in [-0.4, -0.2) is 16.2 Å². The molecule has 0 saturated heterocycles. The highest BCUT2D eigenvalue weighted by atomic mass is 79.9. The van der Waals surface area contributed by atoms with Crippen molar-refractivity contribution >= 4 is 32.8 Å². The number of fused-ring (bicyclic) bond motifs is 1. The van der Waals surface area contributed by atoms with Crippen LogP contribution in [0.15, 0.2) is 53.0 Å². The second kappa shape index (κ2) is 5.46. The van der Waals surface area contributed by atoms with E-state index in [9.17, 15) is 4.79 Å². The van der Waals surface area contributed by atoms with E-state index in [2.05, 4.69) is 26.1 Å². The molecule has 3 aromatic rings. The first-order valence-electron chi connectivity index (χ1n) is 6.09. The van der Waals surface area contributed by atoms with E-state index in [-0.39, 0.29) is 6.61 Å². The van der Waals surface area contributed by atoms with Gasteiger partial charge in [0.05, 0.1) is 5.52 Å². The summed E-state index contributed by atoms with van der Waals surface area (Å²) in [5, 5.41) is 7.61. The minimum Gasteiger partial charge on any atom is -0.456 e.